The fourth-order valence-electron chi connectivity index (χ4n) is 3.91. The van der Waals surface area contributed by atoms with Crippen LogP contribution >= 0.6 is 0 Å². The standard InChI is InChI=1S/C19H22O2/c1-13-8-7-11-19(2)17(13)16(21-3)12-15(18(19)20)14-9-5-4-6-10-14/h4-6,9-10,12-13H,7-8,11H2,1-3H3/t13-,19-/m0/s1. The summed E-state index contributed by atoms with van der Waals surface area (Å²) in [7, 11) is 1.71. The third-order valence-corrected chi connectivity index (χ3v) is 4.99. The highest BCUT2D eigenvalue weighted by atomic mass is 16.5. The Labute approximate surface area is 126 Å². The van der Waals surface area contributed by atoms with E-state index in [-0.39, 0.29) is 5.78 Å². The number of hydrogen-bond acceptors (Lipinski definition) is 2. The number of hydrogen-bond donors (Lipinski definition) is 0. The van der Waals surface area contributed by atoms with Crippen LogP contribution in [0.1, 0.15) is 38.7 Å². The summed E-state index contributed by atoms with van der Waals surface area (Å²) in [4.78, 5) is 13.1. The smallest absolute Gasteiger partial charge is 0.173 e. The van der Waals surface area contributed by atoms with Gasteiger partial charge in [-0.25, -0.2) is 0 Å². The fourth-order valence-corrected chi connectivity index (χ4v) is 3.91. The van der Waals surface area contributed by atoms with Crippen molar-refractivity contribution >= 4 is 11.4 Å². The summed E-state index contributed by atoms with van der Waals surface area (Å²) in [6, 6.07) is 9.91. The van der Waals surface area contributed by atoms with Crippen LogP contribution in [0.15, 0.2) is 47.7 Å². The second kappa shape index (κ2) is 5.18. The average Bonchev–Trinajstić information content (AvgIpc) is 2.50. The lowest BCUT2D eigenvalue weighted by molar-refractivity contribution is -0.121. The molecule has 2 nitrogen and oxygen atoms in total. The molecular formula is C19H22O2. The van der Waals surface area contributed by atoms with Gasteiger partial charge in [0.25, 0.3) is 0 Å². The molecule has 2 atom stereocenters. The van der Waals surface area contributed by atoms with E-state index in [1.54, 1.807) is 7.11 Å². The zero-order chi connectivity index (χ0) is 15.0. The Morgan fingerprint density at radius 1 is 1.24 bits per heavy atom. The van der Waals surface area contributed by atoms with Gasteiger partial charge < -0.3 is 4.74 Å². The first-order valence-electron chi connectivity index (χ1n) is 7.68. The van der Waals surface area contributed by atoms with E-state index in [4.69, 9.17) is 4.74 Å². The minimum atomic E-state index is -0.400. The van der Waals surface area contributed by atoms with Crippen molar-refractivity contribution in [3.05, 3.63) is 53.3 Å². The molecule has 21 heavy (non-hydrogen) atoms. The van der Waals surface area contributed by atoms with Gasteiger partial charge in [0.05, 0.1) is 12.5 Å². The van der Waals surface area contributed by atoms with Gasteiger partial charge in [0.2, 0.25) is 0 Å². The van der Waals surface area contributed by atoms with Crippen LogP contribution < -0.4 is 0 Å². The normalized spacial score (nSPS) is 29.0. The number of rotatable bonds is 2. The van der Waals surface area contributed by atoms with Crippen LogP contribution in [0.5, 0.6) is 0 Å². The molecule has 110 valence electrons. The summed E-state index contributed by atoms with van der Waals surface area (Å²) in [6.45, 7) is 4.30. The number of Topliss-reactive ketones (excluding diaryl/α,β-unsaturated/α-hetero) is 1. The van der Waals surface area contributed by atoms with Crippen molar-refractivity contribution in [1.29, 1.82) is 0 Å². The molecule has 1 fully saturated rings. The number of methoxy groups -OCH3 is 1. The number of benzene rings is 1. The Balaban J connectivity index is 2.18. The van der Waals surface area contributed by atoms with Gasteiger partial charge in [-0.3, -0.25) is 4.79 Å². The van der Waals surface area contributed by atoms with Gasteiger partial charge in [-0.05, 0) is 42.9 Å². The van der Waals surface area contributed by atoms with Gasteiger partial charge >= 0.3 is 0 Å². The molecule has 2 aliphatic rings. The highest BCUT2D eigenvalue weighted by Gasteiger charge is 2.47. The topological polar surface area (TPSA) is 26.3 Å². The largest absolute Gasteiger partial charge is 0.497 e. The van der Waals surface area contributed by atoms with E-state index in [2.05, 4.69) is 13.8 Å². The van der Waals surface area contributed by atoms with Crippen LogP contribution in [0.25, 0.3) is 5.57 Å². The fraction of sp³-hybridized carbons (Fsp3) is 0.421. The predicted molar refractivity (Wildman–Crippen MR) is 84.6 cm³/mol. The summed E-state index contributed by atoms with van der Waals surface area (Å²) in [5.74, 6) is 1.55. The third-order valence-electron chi connectivity index (χ3n) is 4.99. The Morgan fingerprint density at radius 3 is 2.62 bits per heavy atom. The van der Waals surface area contributed by atoms with Gasteiger partial charge in [0.1, 0.15) is 5.76 Å². The van der Waals surface area contributed by atoms with Crippen LogP contribution in [-0.4, -0.2) is 12.9 Å². The van der Waals surface area contributed by atoms with Crippen LogP contribution in [0.4, 0.5) is 0 Å². The molecule has 0 bridgehead atoms. The maximum atomic E-state index is 13.1. The lowest BCUT2D eigenvalue weighted by Crippen LogP contribution is -2.39. The van der Waals surface area contributed by atoms with Gasteiger partial charge in [0.15, 0.2) is 5.78 Å². The van der Waals surface area contributed by atoms with E-state index in [0.717, 1.165) is 36.2 Å². The van der Waals surface area contributed by atoms with Crippen molar-refractivity contribution in [2.75, 3.05) is 7.11 Å². The van der Waals surface area contributed by atoms with Crippen molar-refractivity contribution in [2.24, 2.45) is 11.3 Å². The average molecular weight is 282 g/mol. The highest BCUT2D eigenvalue weighted by Crippen LogP contribution is 2.51. The Morgan fingerprint density at radius 2 is 1.95 bits per heavy atom. The summed E-state index contributed by atoms with van der Waals surface area (Å²) >= 11 is 0. The molecule has 0 aromatic heterocycles. The minimum absolute atomic E-state index is 0.246. The van der Waals surface area contributed by atoms with E-state index in [1.165, 1.54) is 5.57 Å². The van der Waals surface area contributed by atoms with Crippen molar-refractivity contribution in [3.63, 3.8) is 0 Å². The van der Waals surface area contributed by atoms with Crippen LogP contribution in [0, 0.1) is 11.3 Å². The lowest BCUT2D eigenvalue weighted by Gasteiger charge is -2.42. The van der Waals surface area contributed by atoms with Crippen molar-refractivity contribution < 1.29 is 9.53 Å². The number of allylic oxidation sites excluding steroid dienone is 3. The first kappa shape index (κ1) is 14.1. The SMILES string of the molecule is COC1=C2[C@@H](C)CCC[C@]2(C)C(=O)C(c2ccccc2)=C1. The first-order chi connectivity index (χ1) is 10.1. The highest BCUT2D eigenvalue weighted by molar-refractivity contribution is 6.25. The van der Waals surface area contributed by atoms with Gasteiger partial charge in [-0.2, -0.15) is 0 Å². The van der Waals surface area contributed by atoms with E-state index in [9.17, 15) is 4.79 Å². The molecule has 3 rings (SSSR count). The monoisotopic (exact) mass is 282 g/mol. The maximum absolute atomic E-state index is 13.1. The number of fused-ring (bicyclic) bond motifs is 1. The summed E-state index contributed by atoms with van der Waals surface area (Å²) in [6.07, 6.45) is 5.10. The molecule has 0 radical (unpaired) electrons. The Hall–Kier alpha value is -1.83. The van der Waals surface area contributed by atoms with Crippen molar-refractivity contribution in [1.82, 2.24) is 0 Å². The van der Waals surface area contributed by atoms with Gasteiger partial charge in [-0.15, -0.1) is 0 Å². The molecule has 0 saturated heterocycles. The molecule has 0 amide bonds. The number of carbonyl (C=O) groups is 1. The zero-order valence-corrected chi connectivity index (χ0v) is 13.0. The molecule has 1 saturated carbocycles. The van der Waals surface area contributed by atoms with E-state index in [1.807, 2.05) is 36.4 Å². The lowest BCUT2D eigenvalue weighted by atomic mass is 9.61. The number of carbonyl (C=O) groups excluding carboxylic acids is 1. The summed E-state index contributed by atoms with van der Waals surface area (Å²) < 4.78 is 5.65. The second-order valence-corrected chi connectivity index (χ2v) is 6.36. The summed E-state index contributed by atoms with van der Waals surface area (Å²) in [5, 5.41) is 0. The number of ketones is 1. The van der Waals surface area contributed by atoms with Crippen molar-refractivity contribution in [2.45, 2.75) is 33.1 Å². The van der Waals surface area contributed by atoms with Crippen LogP contribution in [-0.2, 0) is 9.53 Å². The molecule has 0 spiro atoms. The maximum Gasteiger partial charge on any atom is 0.173 e. The number of ether oxygens (including phenoxy) is 1. The molecule has 1 aromatic rings. The van der Waals surface area contributed by atoms with Crippen molar-refractivity contribution in [3.8, 4) is 0 Å². The zero-order valence-electron chi connectivity index (χ0n) is 13.0. The van der Waals surface area contributed by atoms with Crippen LogP contribution in [0.2, 0.25) is 0 Å². The molecule has 1 aromatic carbocycles. The predicted octanol–water partition coefficient (Wildman–Crippen LogP) is 4.38. The molecule has 0 unspecified atom stereocenters. The summed E-state index contributed by atoms with van der Waals surface area (Å²) in [5.41, 5.74) is 2.56. The molecule has 2 aliphatic carbocycles. The van der Waals surface area contributed by atoms with Gasteiger partial charge in [0, 0.05) is 5.57 Å². The second-order valence-electron chi connectivity index (χ2n) is 6.36. The molecular weight excluding hydrogens is 260 g/mol. The Kier molecular flexibility index (Phi) is 3.48. The van der Waals surface area contributed by atoms with E-state index < -0.39 is 5.41 Å². The molecule has 0 N–H and O–H groups in total. The van der Waals surface area contributed by atoms with Gasteiger partial charge in [-0.1, -0.05) is 43.7 Å². The Bertz CT molecular complexity index is 624. The third kappa shape index (κ3) is 2.14. The van der Waals surface area contributed by atoms with Crippen LogP contribution in [0.3, 0.4) is 0 Å². The first-order valence-corrected chi connectivity index (χ1v) is 7.68. The quantitative estimate of drug-likeness (QED) is 0.804. The molecule has 0 aliphatic heterocycles. The van der Waals surface area contributed by atoms with E-state index >= 15 is 0 Å². The molecule has 0 heterocycles. The molecule has 2 heteroatoms. The minimum Gasteiger partial charge on any atom is -0.497 e. The van der Waals surface area contributed by atoms with E-state index in [0.29, 0.717) is 5.92 Å².